The van der Waals surface area contributed by atoms with Crippen molar-refractivity contribution in [1.82, 2.24) is 5.32 Å². The fraction of sp³-hybridized carbons (Fsp3) is 0.350. The summed E-state index contributed by atoms with van der Waals surface area (Å²) >= 11 is 0. The first-order valence-electron chi connectivity index (χ1n) is 8.20. The molecular formula is C20H25NO3. The molecule has 0 aliphatic heterocycles. The SMILES string of the molecule is Cc1ccc(OCCNC(=O)c2ccc(OC(C)C)cc2)cc1C. The number of ether oxygens (including phenoxy) is 2. The first-order chi connectivity index (χ1) is 11.5. The van der Waals surface area contributed by atoms with E-state index < -0.39 is 0 Å². The highest BCUT2D eigenvalue weighted by atomic mass is 16.5. The van der Waals surface area contributed by atoms with Gasteiger partial charge < -0.3 is 14.8 Å². The van der Waals surface area contributed by atoms with E-state index >= 15 is 0 Å². The van der Waals surface area contributed by atoms with Gasteiger partial charge in [-0.05, 0) is 75.2 Å². The van der Waals surface area contributed by atoms with Crippen LogP contribution in [0.15, 0.2) is 42.5 Å². The number of carbonyl (C=O) groups is 1. The van der Waals surface area contributed by atoms with E-state index in [0.717, 1.165) is 11.5 Å². The predicted molar refractivity (Wildman–Crippen MR) is 96.0 cm³/mol. The van der Waals surface area contributed by atoms with Crippen molar-refractivity contribution in [3.63, 3.8) is 0 Å². The lowest BCUT2D eigenvalue weighted by molar-refractivity contribution is 0.0947. The standard InChI is InChI=1S/C20H25NO3/c1-14(2)24-18-9-6-17(7-10-18)20(22)21-11-12-23-19-8-5-15(3)16(4)13-19/h5-10,13-14H,11-12H2,1-4H3,(H,21,22). The van der Waals surface area contributed by atoms with Gasteiger partial charge in [-0.2, -0.15) is 0 Å². The molecule has 0 aromatic heterocycles. The van der Waals surface area contributed by atoms with Crippen molar-refractivity contribution in [2.24, 2.45) is 0 Å². The van der Waals surface area contributed by atoms with Crippen molar-refractivity contribution in [2.45, 2.75) is 33.8 Å². The molecule has 2 aromatic carbocycles. The number of carbonyl (C=O) groups excluding carboxylic acids is 1. The van der Waals surface area contributed by atoms with Gasteiger partial charge in [0, 0.05) is 5.56 Å². The van der Waals surface area contributed by atoms with Crippen LogP contribution in [-0.4, -0.2) is 25.2 Å². The van der Waals surface area contributed by atoms with Crippen LogP contribution in [-0.2, 0) is 0 Å². The van der Waals surface area contributed by atoms with Crippen LogP contribution in [0.3, 0.4) is 0 Å². The number of amides is 1. The van der Waals surface area contributed by atoms with Crippen LogP contribution in [0.25, 0.3) is 0 Å². The maximum absolute atomic E-state index is 12.1. The van der Waals surface area contributed by atoms with Crippen molar-refractivity contribution < 1.29 is 14.3 Å². The van der Waals surface area contributed by atoms with E-state index in [1.165, 1.54) is 11.1 Å². The van der Waals surface area contributed by atoms with E-state index in [2.05, 4.69) is 19.2 Å². The summed E-state index contributed by atoms with van der Waals surface area (Å²) in [5, 5.41) is 2.85. The van der Waals surface area contributed by atoms with Crippen LogP contribution in [0.2, 0.25) is 0 Å². The van der Waals surface area contributed by atoms with Gasteiger partial charge in [0.15, 0.2) is 0 Å². The Hall–Kier alpha value is -2.49. The lowest BCUT2D eigenvalue weighted by Gasteiger charge is -2.11. The highest BCUT2D eigenvalue weighted by Gasteiger charge is 2.06. The molecule has 4 nitrogen and oxygen atoms in total. The molecule has 1 N–H and O–H groups in total. The zero-order chi connectivity index (χ0) is 17.5. The molecule has 0 bridgehead atoms. The quantitative estimate of drug-likeness (QED) is 0.785. The second-order valence-corrected chi connectivity index (χ2v) is 6.04. The van der Waals surface area contributed by atoms with E-state index in [9.17, 15) is 4.79 Å². The topological polar surface area (TPSA) is 47.6 Å². The maximum Gasteiger partial charge on any atom is 0.251 e. The van der Waals surface area contributed by atoms with E-state index in [4.69, 9.17) is 9.47 Å². The molecule has 0 aliphatic rings. The summed E-state index contributed by atoms with van der Waals surface area (Å²) in [6, 6.07) is 13.1. The molecule has 0 saturated carbocycles. The number of rotatable bonds is 7. The summed E-state index contributed by atoms with van der Waals surface area (Å²) in [4.78, 5) is 12.1. The average molecular weight is 327 g/mol. The Morgan fingerprint density at radius 2 is 1.67 bits per heavy atom. The second-order valence-electron chi connectivity index (χ2n) is 6.04. The molecule has 128 valence electrons. The van der Waals surface area contributed by atoms with Crippen LogP contribution in [0.4, 0.5) is 0 Å². The van der Waals surface area contributed by atoms with Gasteiger partial charge in [0.05, 0.1) is 12.6 Å². The van der Waals surface area contributed by atoms with Gasteiger partial charge in [-0.1, -0.05) is 6.07 Å². The molecule has 2 rings (SSSR count). The summed E-state index contributed by atoms with van der Waals surface area (Å²) in [7, 11) is 0. The molecule has 24 heavy (non-hydrogen) atoms. The highest BCUT2D eigenvalue weighted by Crippen LogP contribution is 2.16. The Balaban J connectivity index is 1.77. The van der Waals surface area contributed by atoms with E-state index in [1.807, 2.05) is 32.0 Å². The molecule has 0 saturated heterocycles. The van der Waals surface area contributed by atoms with Crippen molar-refractivity contribution in [3.8, 4) is 11.5 Å². The predicted octanol–water partition coefficient (Wildman–Crippen LogP) is 3.90. The largest absolute Gasteiger partial charge is 0.492 e. The summed E-state index contributed by atoms with van der Waals surface area (Å²) in [6.07, 6.45) is 0.118. The second kappa shape index (κ2) is 8.39. The van der Waals surface area contributed by atoms with Crippen LogP contribution in [0.1, 0.15) is 35.3 Å². The van der Waals surface area contributed by atoms with Gasteiger partial charge in [-0.3, -0.25) is 4.79 Å². The maximum atomic E-state index is 12.1. The normalized spacial score (nSPS) is 10.5. The third-order valence-electron chi connectivity index (χ3n) is 3.62. The zero-order valence-electron chi connectivity index (χ0n) is 14.8. The molecule has 1 amide bonds. The lowest BCUT2D eigenvalue weighted by Crippen LogP contribution is -2.28. The minimum absolute atomic E-state index is 0.116. The number of benzene rings is 2. The van der Waals surface area contributed by atoms with Crippen molar-refractivity contribution in [1.29, 1.82) is 0 Å². The molecule has 0 atom stereocenters. The van der Waals surface area contributed by atoms with Crippen LogP contribution in [0.5, 0.6) is 11.5 Å². The molecular weight excluding hydrogens is 302 g/mol. The third-order valence-corrected chi connectivity index (χ3v) is 3.62. The van der Waals surface area contributed by atoms with Crippen molar-refractivity contribution >= 4 is 5.91 Å². The van der Waals surface area contributed by atoms with E-state index in [1.54, 1.807) is 24.3 Å². The fourth-order valence-corrected chi connectivity index (χ4v) is 2.20. The summed E-state index contributed by atoms with van der Waals surface area (Å²) in [6.45, 7) is 8.94. The van der Waals surface area contributed by atoms with Crippen LogP contribution < -0.4 is 14.8 Å². The molecule has 0 radical (unpaired) electrons. The smallest absolute Gasteiger partial charge is 0.251 e. The van der Waals surface area contributed by atoms with Gasteiger partial charge in [0.1, 0.15) is 18.1 Å². The third kappa shape index (κ3) is 5.30. The molecule has 0 aliphatic carbocycles. The summed E-state index contributed by atoms with van der Waals surface area (Å²) in [5.41, 5.74) is 3.04. The number of hydrogen-bond acceptors (Lipinski definition) is 3. The minimum Gasteiger partial charge on any atom is -0.492 e. The highest BCUT2D eigenvalue weighted by molar-refractivity contribution is 5.94. The van der Waals surface area contributed by atoms with E-state index in [0.29, 0.717) is 18.7 Å². The lowest BCUT2D eigenvalue weighted by atomic mass is 10.1. The zero-order valence-corrected chi connectivity index (χ0v) is 14.8. The fourth-order valence-electron chi connectivity index (χ4n) is 2.20. The molecule has 2 aromatic rings. The first-order valence-corrected chi connectivity index (χ1v) is 8.20. The monoisotopic (exact) mass is 327 g/mol. The Bertz CT molecular complexity index is 678. The Kier molecular flexibility index (Phi) is 6.24. The Labute approximate surface area is 143 Å². The van der Waals surface area contributed by atoms with E-state index in [-0.39, 0.29) is 12.0 Å². The van der Waals surface area contributed by atoms with Gasteiger partial charge in [-0.25, -0.2) is 0 Å². The van der Waals surface area contributed by atoms with Gasteiger partial charge >= 0.3 is 0 Å². The molecule has 0 spiro atoms. The molecule has 4 heteroatoms. The number of aryl methyl sites for hydroxylation is 2. The van der Waals surface area contributed by atoms with Crippen molar-refractivity contribution in [2.75, 3.05) is 13.2 Å². The van der Waals surface area contributed by atoms with Gasteiger partial charge in [-0.15, -0.1) is 0 Å². The number of nitrogens with one attached hydrogen (secondary N) is 1. The van der Waals surface area contributed by atoms with Crippen LogP contribution in [0, 0.1) is 13.8 Å². The minimum atomic E-state index is -0.116. The molecule has 0 fully saturated rings. The number of hydrogen-bond donors (Lipinski definition) is 1. The molecule has 0 heterocycles. The summed E-state index contributed by atoms with van der Waals surface area (Å²) in [5.74, 6) is 1.47. The van der Waals surface area contributed by atoms with Gasteiger partial charge in [0.25, 0.3) is 5.91 Å². The Morgan fingerprint density at radius 3 is 2.29 bits per heavy atom. The first kappa shape index (κ1) is 17.9. The van der Waals surface area contributed by atoms with Gasteiger partial charge in [0.2, 0.25) is 0 Å². The van der Waals surface area contributed by atoms with Crippen molar-refractivity contribution in [3.05, 3.63) is 59.2 Å². The van der Waals surface area contributed by atoms with Crippen LogP contribution >= 0.6 is 0 Å². The summed E-state index contributed by atoms with van der Waals surface area (Å²) < 4.78 is 11.2. The Morgan fingerprint density at radius 1 is 1.00 bits per heavy atom. The average Bonchev–Trinajstić information content (AvgIpc) is 2.54. The molecule has 0 unspecified atom stereocenters.